The van der Waals surface area contributed by atoms with E-state index in [2.05, 4.69) is 50.2 Å². The molecule has 27 heavy (non-hydrogen) atoms. The highest BCUT2D eigenvalue weighted by Crippen LogP contribution is 2.39. The molecule has 1 nitrogen and oxygen atoms in total. The van der Waals surface area contributed by atoms with Crippen molar-refractivity contribution in [1.29, 1.82) is 0 Å². The van der Waals surface area contributed by atoms with E-state index in [9.17, 15) is 5.11 Å². The molecular weight excluding hydrogens is 328 g/mol. The summed E-state index contributed by atoms with van der Waals surface area (Å²) in [5.41, 5.74) is 6.81. The average molecular weight is 352 g/mol. The van der Waals surface area contributed by atoms with E-state index < -0.39 is 0 Å². The van der Waals surface area contributed by atoms with Gasteiger partial charge in [-0.05, 0) is 47.7 Å². The summed E-state index contributed by atoms with van der Waals surface area (Å²) >= 11 is 0. The summed E-state index contributed by atoms with van der Waals surface area (Å²) in [5.74, 6) is 0.318. The maximum Gasteiger partial charge on any atom is 0.123 e. The van der Waals surface area contributed by atoms with E-state index >= 15 is 0 Å². The number of hydrogen-bond donors (Lipinski definition) is 1. The minimum Gasteiger partial charge on any atom is -0.507 e. The minimum absolute atomic E-state index is 0.318. The highest BCUT2D eigenvalue weighted by Gasteiger charge is 2.13. The highest BCUT2D eigenvalue weighted by molar-refractivity contribution is 5.88. The molecule has 4 aromatic rings. The molecule has 4 rings (SSSR count). The molecule has 0 fully saturated rings. The highest BCUT2D eigenvalue weighted by atomic mass is 16.3. The third-order valence-electron chi connectivity index (χ3n) is 4.55. The van der Waals surface area contributed by atoms with Crippen LogP contribution in [0.5, 0.6) is 5.75 Å². The van der Waals surface area contributed by atoms with Crippen LogP contribution in [-0.2, 0) is 0 Å². The zero-order valence-electron chi connectivity index (χ0n) is 15.8. The molecule has 4 aromatic carbocycles. The Morgan fingerprint density at radius 2 is 0.926 bits per heavy atom. The molecule has 0 aliphatic heterocycles. The predicted molar refractivity (Wildman–Crippen MR) is 115 cm³/mol. The lowest BCUT2D eigenvalue weighted by molar-refractivity contribution is 0.477. The molecule has 0 amide bonds. The lowest BCUT2D eigenvalue weighted by atomic mass is 9.89. The molecule has 0 radical (unpaired) electrons. The fourth-order valence-electron chi connectivity index (χ4n) is 3.19. The summed E-state index contributed by atoms with van der Waals surface area (Å²) in [6, 6.07) is 34.1. The Morgan fingerprint density at radius 1 is 0.444 bits per heavy atom. The van der Waals surface area contributed by atoms with Gasteiger partial charge in [0.15, 0.2) is 0 Å². The first-order valence-corrected chi connectivity index (χ1v) is 9.12. The van der Waals surface area contributed by atoms with Gasteiger partial charge in [0.05, 0.1) is 0 Å². The molecule has 0 aliphatic rings. The molecule has 0 spiro atoms. The van der Waals surface area contributed by atoms with Crippen LogP contribution >= 0.6 is 0 Å². The van der Waals surface area contributed by atoms with Crippen LogP contribution in [0, 0.1) is 13.8 Å². The van der Waals surface area contributed by atoms with Gasteiger partial charge in [0.1, 0.15) is 5.75 Å². The Bertz CT molecular complexity index is 977. The van der Waals surface area contributed by atoms with Crippen LogP contribution in [0.15, 0.2) is 103 Å². The summed E-state index contributed by atoms with van der Waals surface area (Å²) < 4.78 is 0. The number of aromatic hydroxyl groups is 1. The van der Waals surface area contributed by atoms with Crippen molar-refractivity contribution in [2.24, 2.45) is 0 Å². The normalized spacial score (nSPS) is 10.0. The van der Waals surface area contributed by atoms with E-state index in [-0.39, 0.29) is 0 Å². The molecule has 1 heteroatoms. The van der Waals surface area contributed by atoms with Crippen molar-refractivity contribution in [1.82, 2.24) is 0 Å². The molecular formula is C26H24O. The van der Waals surface area contributed by atoms with Gasteiger partial charge in [-0.1, -0.05) is 97.1 Å². The Hall–Kier alpha value is -3.32. The minimum atomic E-state index is 0.318. The van der Waals surface area contributed by atoms with Gasteiger partial charge in [-0.2, -0.15) is 0 Å². The molecule has 0 saturated heterocycles. The Labute approximate surface area is 161 Å². The summed E-state index contributed by atoms with van der Waals surface area (Å²) in [6.45, 7) is 4.24. The maximum absolute atomic E-state index is 10.2. The van der Waals surface area contributed by atoms with E-state index in [1.165, 1.54) is 22.3 Å². The van der Waals surface area contributed by atoms with E-state index in [0.717, 1.165) is 11.1 Å². The second kappa shape index (κ2) is 8.86. The van der Waals surface area contributed by atoms with E-state index in [4.69, 9.17) is 0 Å². The molecule has 0 saturated carbocycles. The molecule has 0 atom stereocenters. The van der Waals surface area contributed by atoms with Crippen molar-refractivity contribution >= 4 is 0 Å². The van der Waals surface area contributed by atoms with Gasteiger partial charge < -0.3 is 5.11 Å². The summed E-state index contributed by atoms with van der Waals surface area (Å²) in [6.07, 6.45) is 0. The van der Waals surface area contributed by atoms with E-state index in [0.29, 0.717) is 5.75 Å². The number of phenolic OH excluding ortho intramolecular Hbond substituents is 1. The van der Waals surface area contributed by atoms with Crippen molar-refractivity contribution in [2.75, 3.05) is 0 Å². The zero-order valence-corrected chi connectivity index (χ0v) is 15.8. The molecule has 0 aliphatic carbocycles. The van der Waals surface area contributed by atoms with Crippen molar-refractivity contribution in [3.63, 3.8) is 0 Å². The number of phenols is 1. The SMILES string of the molecule is Cc1ccccc1-c1c(C)cccc1-c1ccccc1O.c1ccccc1. The fourth-order valence-corrected chi connectivity index (χ4v) is 3.19. The second-order valence-electron chi connectivity index (χ2n) is 6.48. The fraction of sp³-hybridized carbons (Fsp3) is 0.0769. The van der Waals surface area contributed by atoms with Gasteiger partial charge >= 0.3 is 0 Å². The lowest BCUT2D eigenvalue weighted by Gasteiger charge is -2.16. The van der Waals surface area contributed by atoms with Crippen LogP contribution in [-0.4, -0.2) is 5.11 Å². The summed E-state index contributed by atoms with van der Waals surface area (Å²) in [4.78, 5) is 0. The van der Waals surface area contributed by atoms with Gasteiger partial charge in [-0.3, -0.25) is 0 Å². The van der Waals surface area contributed by atoms with Crippen LogP contribution in [0.2, 0.25) is 0 Å². The van der Waals surface area contributed by atoms with Gasteiger partial charge in [0.25, 0.3) is 0 Å². The first-order chi connectivity index (χ1) is 13.2. The topological polar surface area (TPSA) is 20.2 Å². The Kier molecular flexibility index (Phi) is 6.06. The molecule has 1 N–H and O–H groups in total. The van der Waals surface area contributed by atoms with E-state index in [1.807, 2.05) is 60.7 Å². The van der Waals surface area contributed by atoms with E-state index in [1.54, 1.807) is 6.07 Å². The standard InChI is InChI=1S/C20H18O.C6H6/c1-14-8-3-4-10-16(14)20-15(2)9-7-12-18(20)17-11-5-6-13-19(17)21;1-2-4-6-5-3-1/h3-13,21H,1-2H3;1-6H. The summed E-state index contributed by atoms with van der Waals surface area (Å²) in [5, 5.41) is 10.2. The first-order valence-electron chi connectivity index (χ1n) is 9.12. The van der Waals surface area contributed by atoms with Crippen LogP contribution in [0.4, 0.5) is 0 Å². The van der Waals surface area contributed by atoms with Crippen molar-refractivity contribution in [2.45, 2.75) is 13.8 Å². The Morgan fingerprint density at radius 3 is 1.52 bits per heavy atom. The number of aryl methyl sites for hydroxylation is 2. The molecule has 134 valence electrons. The first kappa shape index (κ1) is 18.5. The second-order valence-corrected chi connectivity index (χ2v) is 6.48. The molecule has 0 heterocycles. The van der Waals surface area contributed by atoms with Crippen LogP contribution in [0.3, 0.4) is 0 Å². The number of hydrogen-bond acceptors (Lipinski definition) is 1. The number of para-hydroxylation sites is 1. The molecule has 0 unspecified atom stereocenters. The van der Waals surface area contributed by atoms with Gasteiger partial charge in [0.2, 0.25) is 0 Å². The van der Waals surface area contributed by atoms with Crippen molar-refractivity contribution in [3.8, 4) is 28.0 Å². The van der Waals surface area contributed by atoms with Crippen molar-refractivity contribution < 1.29 is 5.11 Å². The molecule has 0 bridgehead atoms. The number of rotatable bonds is 2. The average Bonchev–Trinajstić information content (AvgIpc) is 2.71. The maximum atomic E-state index is 10.2. The van der Waals surface area contributed by atoms with Gasteiger partial charge in [0, 0.05) is 5.56 Å². The third kappa shape index (κ3) is 4.45. The third-order valence-corrected chi connectivity index (χ3v) is 4.55. The Balaban J connectivity index is 0.000000299. The summed E-state index contributed by atoms with van der Waals surface area (Å²) in [7, 11) is 0. The predicted octanol–water partition coefficient (Wildman–Crippen LogP) is 7.03. The quantitative estimate of drug-likeness (QED) is 0.410. The largest absolute Gasteiger partial charge is 0.507 e. The molecule has 0 aromatic heterocycles. The monoisotopic (exact) mass is 352 g/mol. The lowest BCUT2D eigenvalue weighted by Crippen LogP contribution is -1.91. The van der Waals surface area contributed by atoms with Crippen LogP contribution < -0.4 is 0 Å². The number of benzene rings is 4. The van der Waals surface area contributed by atoms with Crippen molar-refractivity contribution in [3.05, 3.63) is 114 Å². The smallest absolute Gasteiger partial charge is 0.123 e. The van der Waals surface area contributed by atoms with Gasteiger partial charge in [-0.15, -0.1) is 0 Å². The van der Waals surface area contributed by atoms with Crippen LogP contribution in [0.25, 0.3) is 22.3 Å². The zero-order chi connectivity index (χ0) is 19.1. The van der Waals surface area contributed by atoms with Gasteiger partial charge in [-0.25, -0.2) is 0 Å². The van der Waals surface area contributed by atoms with Crippen LogP contribution in [0.1, 0.15) is 11.1 Å².